The lowest BCUT2D eigenvalue weighted by molar-refractivity contribution is 0.446. The zero-order chi connectivity index (χ0) is 11.0. The summed E-state index contributed by atoms with van der Waals surface area (Å²) in [5, 5.41) is 13.1. The summed E-state index contributed by atoms with van der Waals surface area (Å²) >= 11 is 1.76. The van der Waals surface area contributed by atoms with E-state index in [0.29, 0.717) is 5.75 Å². The minimum absolute atomic E-state index is 0.379. The van der Waals surface area contributed by atoms with Gasteiger partial charge < -0.3 is 5.11 Å². The molecule has 1 saturated carbocycles. The Morgan fingerprint density at radius 3 is 2.75 bits per heavy atom. The van der Waals surface area contributed by atoms with Gasteiger partial charge in [-0.05, 0) is 53.3 Å². The second kappa shape index (κ2) is 4.10. The first-order valence-electron chi connectivity index (χ1n) is 6.05. The first-order valence-corrected chi connectivity index (χ1v) is 6.92. The van der Waals surface area contributed by atoms with Gasteiger partial charge >= 0.3 is 0 Å². The minimum atomic E-state index is 0.379. The third-order valence-electron chi connectivity index (χ3n) is 3.63. The molecule has 0 radical (unpaired) electrons. The van der Waals surface area contributed by atoms with Crippen molar-refractivity contribution in [1.82, 2.24) is 0 Å². The largest absolute Gasteiger partial charge is 0.508 e. The van der Waals surface area contributed by atoms with Crippen LogP contribution in [0.25, 0.3) is 10.1 Å². The zero-order valence-electron chi connectivity index (χ0n) is 9.28. The molecule has 1 N–H and O–H groups in total. The van der Waals surface area contributed by atoms with E-state index in [1.165, 1.54) is 47.8 Å². The molecule has 1 nitrogen and oxygen atoms in total. The van der Waals surface area contributed by atoms with Crippen LogP contribution in [0.2, 0.25) is 0 Å². The van der Waals surface area contributed by atoms with Crippen molar-refractivity contribution in [1.29, 1.82) is 0 Å². The van der Waals surface area contributed by atoms with Crippen molar-refractivity contribution in [3.05, 3.63) is 29.1 Å². The van der Waals surface area contributed by atoms with Gasteiger partial charge in [0, 0.05) is 4.70 Å². The zero-order valence-corrected chi connectivity index (χ0v) is 10.1. The van der Waals surface area contributed by atoms with Gasteiger partial charge in [-0.2, -0.15) is 0 Å². The summed E-state index contributed by atoms with van der Waals surface area (Å²) in [6.07, 6.45) is 6.83. The topological polar surface area (TPSA) is 20.2 Å². The molecule has 0 saturated heterocycles. The summed E-state index contributed by atoms with van der Waals surface area (Å²) in [6.45, 7) is 0. The van der Waals surface area contributed by atoms with E-state index in [9.17, 15) is 5.11 Å². The number of benzene rings is 1. The monoisotopic (exact) mass is 232 g/mol. The van der Waals surface area contributed by atoms with Gasteiger partial charge in [0.1, 0.15) is 5.75 Å². The lowest BCUT2D eigenvalue weighted by atomic mass is 9.84. The quantitative estimate of drug-likeness (QED) is 0.758. The SMILES string of the molecule is Oc1ccc2c(C3CCCCC3)csc2c1. The molecular formula is C14H16OS. The smallest absolute Gasteiger partial charge is 0.117 e. The molecule has 1 aliphatic carbocycles. The molecule has 1 aromatic heterocycles. The maximum Gasteiger partial charge on any atom is 0.117 e. The van der Waals surface area contributed by atoms with Gasteiger partial charge in [0.2, 0.25) is 0 Å². The van der Waals surface area contributed by atoms with E-state index in [0.717, 1.165) is 5.92 Å². The molecule has 1 aromatic carbocycles. The summed E-state index contributed by atoms with van der Waals surface area (Å²) < 4.78 is 1.22. The second-order valence-electron chi connectivity index (χ2n) is 4.71. The molecule has 0 amide bonds. The standard InChI is InChI=1S/C14H16OS/c15-11-6-7-12-13(9-16-14(12)8-11)10-4-2-1-3-5-10/h6-10,15H,1-5H2. The summed E-state index contributed by atoms with van der Waals surface area (Å²) in [5.74, 6) is 1.14. The van der Waals surface area contributed by atoms with E-state index in [1.54, 1.807) is 17.4 Å². The maximum atomic E-state index is 9.46. The van der Waals surface area contributed by atoms with Gasteiger partial charge in [0.05, 0.1) is 0 Å². The molecule has 0 aliphatic heterocycles. The van der Waals surface area contributed by atoms with Gasteiger partial charge in [-0.3, -0.25) is 0 Å². The van der Waals surface area contributed by atoms with E-state index in [4.69, 9.17) is 0 Å². The number of phenolic OH excluding ortho intramolecular Hbond substituents is 1. The van der Waals surface area contributed by atoms with Crippen molar-refractivity contribution in [2.75, 3.05) is 0 Å². The Labute approximate surface area is 99.7 Å². The molecule has 16 heavy (non-hydrogen) atoms. The number of hydrogen-bond acceptors (Lipinski definition) is 2. The molecule has 0 bridgehead atoms. The third-order valence-corrected chi connectivity index (χ3v) is 4.60. The van der Waals surface area contributed by atoms with Gasteiger partial charge in [-0.1, -0.05) is 19.3 Å². The first-order chi connectivity index (χ1) is 7.84. The van der Waals surface area contributed by atoms with E-state index >= 15 is 0 Å². The Kier molecular flexibility index (Phi) is 2.60. The number of aromatic hydroxyl groups is 1. The molecule has 0 spiro atoms. The first kappa shape index (κ1) is 10.2. The average molecular weight is 232 g/mol. The van der Waals surface area contributed by atoms with Crippen molar-refractivity contribution >= 4 is 21.4 Å². The highest BCUT2D eigenvalue weighted by atomic mass is 32.1. The fourth-order valence-electron chi connectivity index (χ4n) is 2.77. The van der Waals surface area contributed by atoms with Crippen LogP contribution in [0, 0.1) is 0 Å². The second-order valence-corrected chi connectivity index (χ2v) is 5.62. The number of fused-ring (bicyclic) bond motifs is 1. The van der Waals surface area contributed by atoms with Gasteiger partial charge in [-0.25, -0.2) is 0 Å². The normalized spacial score (nSPS) is 18.0. The summed E-state index contributed by atoms with van der Waals surface area (Å²) in [7, 11) is 0. The van der Waals surface area contributed by atoms with Gasteiger partial charge in [-0.15, -0.1) is 11.3 Å². The highest BCUT2D eigenvalue weighted by Gasteiger charge is 2.18. The summed E-state index contributed by atoms with van der Waals surface area (Å²) in [4.78, 5) is 0. The van der Waals surface area contributed by atoms with Crippen LogP contribution in [0.15, 0.2) is 23.6 Å². The van der Waals surface area contributed by atoms with Crippen molar-refractivity contribution in [2.45, 2.75) is 38.0 Å². The van der Waals surface area contributed by atoms with Crippen LogP contribution in [0.3, 0.4) is 0 Å². The molecular weight excluding hydrogens is 216 g/mol. The third kappa shape index (κ3) is 1.71. The lowest BCUT2D eigenvalue weighted by Gasteiger charge is -2.21. The minimum Gasteiger partial charge on any atom is -0.508 e. The Morgan fingerprint density at radius 2 is 1.94 bits per heavy atom. The molecule has 84 valence electrons. The van der Waals surface area contributed by atoms with Crippen LogP contribution < -0.4 is 0 Å². The Bertz CT molecular complexity index is 494. The Hall–Kier alpha value is -1.02. The van der Waals surface area contributed by atoms with Crippen LogP contribution >= 0.6 is 11.3 Å². The molecule has 3 rings (SSSR count). The van der Waals surface area contributed by atoms with Crippen molar-refractivity contribution in [3.8, 4) is 5.75 Å². The van der Waals surface area contributed by atoms with Crippen LogP contribution in [-0.2, 0) is 0 Å². The molecule has 0 unspecified atom stereocenters. The Morgan fingerprint density at radius 1 is 1.12 bits per heavy atom. The van der Waals surface area contributed by atoms with E-state index in [1.807, 2.05) is 6.07 Å². The summed E-state index contributed by atoms with van der Waals surface area (Å²) in [6, 6.07) is 5.76. The molecule has 1 fully saturated rings. The lowest BCUT2D eigenvalue weighted by Crippen LogP contribution is -2.03. The highest BCUT2D eigenvalue weighted by Crippen LogP contribution is 2.39. The average Bonchev–Trinajstić information content (AvgIpc) is 2.73. The van der Waals surface area contributed by atoms with Crippen LogP contribution in [0.5, 0.6) is 5.75 Å². The van der Waals surface area contributed by atoms with E-state index < -0.39 is 0 Å². The number of thiophene rings is 1. The number of rotatable bonds is 1. The molecule has 0 atom stereocenters. The fraction of sp³-hybridized carbons (Fsp3) is 0.429. The fourth-order valence-corrected chi connectivity index (χ4v) is 3.84. The van der Waals surface area contributed by atoms with Crippen LogP contribution in [0.1, 0.15) is 43.6 Å². The molecule has 1 heterocycles. The van der Waals surface area contributed by atoms with Gasteiger partial charge in [0.25, 0.3) is 0 Å². The molecule has 2 heteroatoms. The van der Waals surface area contributed by atoms with E-state index in [2.05, 4.69) is 11.4 Å². The van der Waals surface area contributed by atoms with Crippen molar-refractivity contribution < 1.29 is 5.11 Å². The number of phenols is 1. The van der Waals surface area contributed by atoms with Crippen LogP contribution in [0.4, 0.5) is 0 Å². The van der Waals surface area contributed by atoms with Crippen molar-refractivity contribution in [2.24, 2.45) is 0 Å². The molecule has 1 aliphatic rings. The van der Waals surface area contributed by atoms with Gasteiger partial charge in [0.15, 0.2) is 0 Å². The maximum absolute atomic E-state index is 9.46. The summed E-state index contributed by atoms with van der Waals surface area (Å²) in [5.41, 5.74) is 1.51. The van der Waals surface area contributed by atoms with Crippen LogP contribution in [-0.4, -0.2) is 5.11 Å². The highest BCUT2D eigenvalue weighted by molar-refractivity contribution is 7.17. The predicted molar refractivity (Wildman–Crippen MR) is 69.3 cm³/mol. The van der Waals surface area contributed by atoms with E-state index in [-0.39, 0.29) is 0 Å². The Balaban J connectivity index is 2.03. The predicted octanol–water partition coefficient (Wildman–Crippen LogP) is 4.65. The van der Waals surface area contributed by atoms with Crippen molar-refractivity contribution in [3.63, 3.8) is 0 Å². The molecule has 2 aromatic rings. The number of hydrogen-bond donors (Lipinski definition) is 1.